The molecule has 10 heteroatoms. The molecule has 0 aromatic heterocycles. The third-order valence-electron chi connectivity index (χ3n) is 14.6. The fourth-order valence-electron chi connectivity index (χ4n) is 9.85. The Morgan fingerprint density at radius 1 is 0.463 bits per heavy atom. The van der Waals surface area contributed by atoms with Gasteiger partial charge in [0.1, 0.15) is 30.5 Å². The smallest absolute Gasteiger partial charge is 0.220 e. The molecule has 8 atom stereocenters. The van der Waals surface area contributed by atoms with Gasteiger partial charge in [0.05, 0.1) is 25.4 Å². The second kappa shape index (κ2) is 47.5. The molecule has 1 aliphatic heterocycles. The largest absolute Gasteiger partial charge is 0.394 e. The van der Waals surface area contributed by atoms with E-state index < -0.39 is 55.6 Å². The number of rotatable bonds is 51. The lowest BCUT2D eigenvalue weighted by molar-refractivity contribution is -0.303. The lowest BCUT2D eigenvalue weighted by Gasteiger charge is -2.40. The number of aliphatic hydroxyl groups is 6. The van der Waals surface area contributed by atoms with E-state index in [1.54, 1.807) is 0 Å². The van der Waals surface area contributed by atoms with Crippen LogP contribution in [0.15, 0.2) is 0 Å². The van der Waals surface area contributed by atoms with E-state index in [0.717, 1.165) is 38.5 Å². The van der Waals surface area contributed by atoms with Crippen molar-refractivity contribution >= 4 is 5.91 Å². The van der Waals surface area contributed by atoms with Gasteiger partial charge in [-0.1, -0.05) is 277 Å². The lowest BCUT2D eigenvalue weighted by Crippen LogP contribution is -2.60. The molecule has 2 unspecified atom stereocenters. The highest BCUT2D eigenvalue weighted by atomic mass is 16.7. The van der Waals surface area contributed by atoms with E-state index in [9.17, 15) is 35.4 Å². The van der Waals surface area contributed by atoms with Crippen molar-refractivity contribution < 1.29 is 44.9 Å². The molecule has 0 aliphatic carbocycles. The maximum atomic E-state index is 13.1. The second-order valence-electron chi connectivity index (χ2n) is 20.9. The van der Waals surface area contributed by atoms with Crippen molar-refractivity contribution in [2.45, 2.75) is 345 Å². The molecule has 1 amide bonds. The van der Waals surface area contributed by atoms with Gasteiger partial charge in [-0.25, -0.2) is 0 Å². The number of nitrogens with one attached hydrogen (secondary N) is 1. The number of hydrogen-bond donors (Lipinski definition) is 7. The number of aliphatic hydroxyl groups excluding tert-OH is 6. The van der Waals surface area contributed by atoms with E-state index in [4.69, 9.17) is 9.47 Å². The van der Waals surface area contributed by atoms with Crippen LogP contribution in [0, 0.1) is 0 Å². The molecule has 0 radical (unpaired) electrons. The molecule has 1 rings (SSSR count). The zero-order valence-corrected chi connectivity index (χ0v) is 44.1. The Morgan fingerprint density at radius 3 is 1.10 bits per heavy atom. The Balaban J connectivity index is 2.14. The molecule has 1 aliphatic rings. The monoisotopic (exact) mass is 956 g/mol. The SMILES string of the molecule is CCCCCCCCCCCCCCCCCCCCCCCCCCCCCCCCC(=O)N[C@@H](CO[C@@H]1O[C@H](CO)[C@H](O)C(O)C1O)[C@H](O)[C@H](O)CCCCCCCCCCCCCC. The fourth-order valence-corrected chi connectivity index (χ4v) is 9.85. The first kappa shape index (κ1) is 64.2. The third kappa shape index (κ3) is 36.7. The predicted octanol–water partition coefficient (Wildman–Crippen LogP) is 13.2. The molecular formula is C57H113NO9. The van der Waals surface area contributed by atoms with Crippen LogP contribution in [0.1, 0.15) is 296 Å². The van der Waals surface area contributed by atoms with Crippen molar-refractivity contribution in [1.29, 1.82) is 0 Å². The molecule has 10 nitrogen and oxygen atoms in total. The highest BCUT2D eigenvalue weighted by Crippen LogP contribution is 2.24. The average molecular weight is 957 g/mol. The van der Waals surface area contributed by atoms with Crippen LogP contribution >= 0.6 is 0 Å². The van der Waals surface area contributed by atoms with Crippen LogP contribution in [0.3, 0.4) is 0 Å². The summed E-state index contributed by atoms with van der Waals surface area (Å²) < 4.78 is 11.2. The summed E-state index contributed by atoms with van der Waals surface area (Å²) in [7, 11) is 0. The van der Waals surface area contributed by atoms with Crippen LogP contribution in [0.4, 0.5) is 0 Å². The molecule has 7 N–H and O–H groups in total. The van der Waals surface area contributed by atoms with Crippen LogP contribution in [0.5, 0.6) is 0 Å². The van der Waals surface area contributed by atoms with E-state index in [0.29, 0.717) is 6.42 Å². The quantitative estimate of drug-likeness (QED) is 0.0293. The van der Waals surface area contributed by atoms with Gasteiger partial charge in [-0.05, 0) is 12.8 Å². The van der Waals surface area contributed by atoms with Gasteiger partial charge in [0.2, 0.25) is 5.91 Å². The Bertz CT molecular complexity index is 1040. The minimum absolute atomic E-state index is 0.251. The maximum absolute atomic E-state index is 13.1. The van der Waals surface area contributed by atoms with E-state index in [1.165, 1.54) is 231 Å². The van der Waals surface area contributed by atoms with E-state index in [-0.39, 0.29) is 18.9 Å². The summed E-state index contributed by atoms with van der Waals surface area (Å²) in [6.07, 6.45) is 45.7. The molecule has 0 aromatic carbocycles. The predicted molar refractivity (Wildman–Crippen MR) is 278 cm³/mol. The topological polar surface area (TPSA) is 169 Å². The van der Waals surface area contributed by atoms with E-state index >= 15 is 0 Å². The van der Waals surface area contributed by atoms with Crippen molar-refractivity contribution in [3.8, 4) is 0 Å². The summed E-state index contributed by atoms with van der Waals surface area (Å²) >= 11 is 0. The zero-order chi connectivity index (χ0) is 48.8. The van der Waals surface area contributed by atoms with Gasteiger partial charge >= 0.3 is 0 Å². The Labute approximate surface area is 413 Å². The standard InChI is InChI=1S/C57H113NO9/c1-3-5-7-9-11-13-15-17-18-19-20-21-22-23-24-25-26-27-28-29-30-31-32-33-34-36-38-40-42-44-46-52(61)58-49(48-66-57-56(65)55(64)54(63)51(47-59)67-57)53(62)50(60)45-43-41-39-37-35-16-14-12-10-8-6-4-2/h49-51,53-57,59-60,62-65H,3-48H2,1-2H3,(H,58,61)/t49-,50+,51+,53-,54-,55?,56?,57+/m0/s1. The van der Waals surface area contributed by atoms with Gasteiger partial charge in [0.15, 0.2) is 6.29 Å². The summed E-state index contributed by atoms with van der Waals surface area (Å²) in [5, 5.41) is 65.4. The van der Waals surface area contributed by atoms with Crippen LogP contribution in [-0.2, 0) is 14.3 Å². The summed E-state index contributed by atoms with van der Waals surface area (Å²) in [5.41, 5.74) is 0. The number of hydrogen-bond acceptors (Lipinski definition) is 9. The summed E-state index contributed by atoms with van der Waals surface area (Å²) in [4.78, 5) is 13.1. The third-order valence-corrected chi connectivity index (χ3v) is 14.6. The van der Waals surface area contributed by atoms with Crippen LogP contribution in [0.2, 0.25) is 0 Å². The Hall–Kier alpha value is -0.850. The summed E-state index contributed by atoms with van der Waals surface area (Å²) in [5.74, 6) is -0.251. The van der Waals surface area contributed by atoms with Gasteiger partial charge < -0.3 is 45.4 Å². The summed E-state index contributed by atoms with van der Waals surface area (Å²) in [6, 6.07) is -0.985. The lowest BCUT2D eigenvalue weighted by atomic mass is 9.98. The minimum Gasteiger partial charge on any atom is -0.394 e. The van der Waals surface area contributed by atoms with E-state index in [2.05, 4.69) is 19.2 Å². The average Bonchev–Trinajstić information content (AvgIpc) is 3.33. The van der Waals surface area contributed by atoms with Crippen LogP contribution in [0.25, 0.3) is 0 Å². The minimum atomic E-state index is -1.60. The van der Waals surface area contributed by atoms with Crippen LogP contribution in [-0.4, -0.2) is 98.7 Å². The molecule has 1 fully saturated rings. The van der Waals surface area contributed by atoms with Crippen molar-refractivity contribution in [1.82, 2.24) is 5.32 Å². The molecule has 0 bridgehead atoms. The first-order valence-electron chi connectivity index (χ1n) is 29.3. The van der Waals surface area contributed by atoms with Gasteiger partial charge in [-0.3, -0.25) is 4.79 Å². The molecule has 0 saturated carbocycles. The number of ether oxygens (including phenoxy) is 2. The van der Waals surface area contributed by atoms with Crippen molar-refractivity contribution in [2.75, 3.05) is 13.2 Å². The van der Waals surface area contributed by atoms with E-state index in [1.807, 2.05) is 0 Å². The Morgan fingerprint density at radius 2 is 0.776 bits per heavy atom. The number of carbonyl (C=O) groups is 1. The molecule has 1 saturated heterocycles. The van der Waals surface area contributed by atoms with Gasteiger partial charge in [0, 0.05) is 6.42 Å². The molecule has 0 spiro atoms. The first-order valence-corrected chi connectivity index (χ1v) is 29.3. The Kier molecular flexibility index (Phi) is 45.5. The van der Waals surface area contributed by atoms with Crippen LogP contribution < -0.4 is 5.32 Å². The zero-order valence-electron chi connectivity index (χ0n) is 44.1. The highest BCUT2D eigenvalue weighted by Gasteiger charge is 2.44. The molecule has 1 heterocycles. The molecule has 0 aromatic rings. The molecule has 400 valence electrons. The molecular weight excluding hydrogens is 843 g/mol. The van der Waals surface area contributed by atoms with Crippen molar-refractivity contribution in [3.05, 3.63) is 0 Å². The highest BCUT2D eigenvalue weighted by molar-refractivity contribution is 5.76. The second-order valence-corrected chi connectivity index (χ2v) is 20.9. The van der Waals surface area contributed by atoms with Gasteiger partial charge in [-0.2, -0.15) is 0 Å². The fraction of sp³-hybridized carbons (Fsp3) is 0.982. The van der Waals surface area contributed by atoms with Crippen molar-refractivity contribution in [2.24, 2.45) is 0 Å². The van der Waals surface area contributed by atoms with Gasteiger partial charge in [-0.15, -0.1) is 0 Å². The number of amides is 1. The number of carbonyl (C=O) groups excluding carboxylic acids is 1. The molecule has 67 heavy (non-hydrogen) atoms. The number of unbranched alkanes of at least 4 members (excludes halogenated alkanes) is 40. The maximum Gasteiger partial charge on any atom is 0.220 e. The first-order chi connectivity index (χ1) is 32.8. The van der Waals surface area contributed by atoms with Gasteiger partial charge in [0.25, 0.3) is 0 Å². The normalized spacial score (nSPS) is 20.0. The summed E-state index contributed by atoms with van der Waals surface area (Å²) in [6.45, 7) is 3.64. The van der Waals surface area contributed by atoms with Crippen molar-refractivity contribution in [3.63, 3.8) is 0 Å².